The minimum Gasteiger partial charge on any atom is -0.496 e. The molecule has 70 valence electrons. The van der Waals surface area contributed by atoms with Crippen LogP contribution in [0.15, 0.2) is 12.1 Å². The average molecular weight is 178 g/mol. The standard InChI is InChI=1S/C11H14O2/c1-8-9(2)11(13-3)5-4-10(8)6-7-12/h4-5,7H,6H2,1-3H3. The number of hydrogen-bond acceptors (Lipinski definition) is 2. The molecular formula is C11H14O2. The minimum atomic E-state index is 0.483. The lowest BCUT2D eigenvalue weighted by atomic mass is 10.0. The predicted octanol–water partition coefficient (Wildman–Crippen LogP) is 2.05. The lowest BCUT2D eigenvalue weighted by molar-refractivity contribution is -0.107. The van der Waals surface area contributed by atoms with Crippen molar-refractivity contribution >= 4 is 6.29 Å². The van der Waals surface area contributed by atoms with Crippen molar-refractivity contribution in [3.63, 3.8) is 0 Å². The molecule has 0 aliphatic heterocycles. The molecule has 0 fully saturated rings. The first-order valence-corrected chi connectivity index (χ1v) is 4.27. The van der Waals surface area contributed by atoms with E-state index in [9.17, 15) is 4.79 Å². The molecule has 0 radical (unpaired) electrons. The Morgan fingerprint density at radius 3 is 2.54 bits per heavy atom. The molecule has 0 amide bonds. The molecule has 0 bridgehead atoms. The van der Waals surface area contributed by atoms with Crippen molar-refractivity contribution in [1.29, 1.82) is 0 Å². The van der Waals surface area contributed by atoms with Crippen LogP contribution in [0.25, 0.3) is 0 Å². The zero-order valence-electron chi connectivity index (χ0n) is 8.26. The van der Waals surface area contributed by atoms with Crippen LogP contribution in [0.1, 0.15) is 16.7 Å². The van der Waals surface area contributed by atoms with E-state index in [1.807, 2.05) is 26.0 Å². The van der Waals surface area contributed by atoms with Gasteiger partial charge in [-0.3, -0.25) is 0 Å². The highest BCUT2D eigenvalue weighted by molar-refractivity contribution is 5.58. The fourth-order valence-electron chi connectivity index (χ4n) is 1.38. The highest BCUT2D eigenvalue weighted by atomic mass is 16.5. The van der Waals surface area contributed by atoms with Crippen molar-refractivity contribution in [2.75, 3.05) is 7.11 Å². The Kier molecular flexibility index (Phi) is 3.07. The summed E-state index contributed by atoms with van der Waals surface area (Å²) >= 11 is 0. The van der Waals surface area contributed by atoms with Gasteiger partial charge in [0.05, 0.1) is 7.11 Å². The Hall–Kier alpha value is -1.31. The molecule has 0 saturated heterocycles. The Labute approximate surface area is 78.5 Å². The first-order chi connectivity index (χ1) is 6.20. The van der Waals surface area contributed by atoms with Gasteiger partial charge in [0.1, 0.15) is 12.0 Å². The molecule has 1 rings (SSSR count). The molecule has 0 atom stereocenters. The van der Waals surface area contributed by atoms with E-state index in [1.54, 1.807) is 7.11 Å². The van der Waals surface area contributed by atoms with Crippen molar-refractivity contribution in [2.24, 2.45) is 0 Å². The fraction of sp³-hybridized carbons (Fsp3) is 0.364. The SMILES string of the molecule is COc1ccc(CC=O)c(C)c1C. The zero-order chi connectivity index (χ0) is 9.84. The molecule has 0 spiro atoms. The topological polar surface area (TPSA) is 26.3 Å². The Morgan fingerprint density at radius 2 is 2.00 bits per heavy atom. The van der Waals surface area contributed by atoms with Crippen LogP contribution < -0.4 is 4.74 Å². The quantitative estimate of drug-likeness (QED) is 0.662. The minimum absolute atomic E-state index is 0.483. The summed E-state index contributed by atoms with van der Waals surface area (Å²) in [4.78, 5) is 10.4. The van der Waals surface area contributed by atoms with Gasteiger partial charge in [-0.25, -0.2) is 0 Å². The molecule has 0 aliphatic rings. The molecule has 0 saturated carbocycles. The first-order valence-electron chi connectivity index (χ1n) is 4.27. The fourth-order valence-corrected chi connectivity index (χ4v) is 1.38. The largest absolute Gasteiger partial charge is 0.496 e. The molecule has 2 heteroatoms. The number of methoxy groups -OCH3 is 1. The second-order valence-electron chi connectivity index (χ2n) is 3.05. The van der Waals surface area contributed by atoms with Gasteiger partial charge in [0.25, 0.3) is 0 Å². The number of ether oxygens (including phenoxy) is 1. The first kappa shape index (κ1) is 9.78. The van der Waals surface area contributed by atoms with Crippen molar-refractivity contribution in [1.82, 2.24) is 0 Å². The summed E-state index contributed by atoms with van der Waals surface area (Å²) in [7, 11) is 1.65. The smallest absolute Gasteiger partial charge is 0.124 e. The molecule has 0 aliphatic carbocycles. The molecule has 1 aromatic carbocycles. The molecule has 1 aromatic rings. The molecule has 0 unspecified atom stereocenters. The molecular weight excluding hydrogens is 164 g/mol. The summed E-state index contributed by atoms with van der Waals surface area (Å²) in [6.07, 6.45) is 1.41. The van der Waals surface area contributed by atoms with Crippen LogP contribution in [-0.4, -0.2) is 13.4 Å². The maximum Gasteiger partial charge on any atom is 0.124 e. The van der Waals surface area contributed by atoms with Gasteiger partial charge in [-0.05, 0) is 36.6 Å². The van der Waals surface area contributed by atoms with E-state index in [4.69, 9.17) is 4.74 Å². The summed E-state index contributed by atoms with van der Waals surface area (Å²) in [6, 6.07) is 3.84. The third-order valence-corrected chi connectivity index (χ3v) is 2.37. The van der Waals surface area contributed by atoms with Gasteiger partial charge in [-0.2, -0.15) is 0 Å². The number of carbonyl (C=O) groups excluding carboxylic acids is 1. The Morgan fingerprint density at radius 1 is 1.31 bits per heavy atom. The van der Waals surface area contributed by atoms with E-state index in [2.05, 4.69) is 0 Å². The van der Waals surface area contributed by atoms with Crippen LogP contribution in [0, 0.1) is 13.8 Å². The van der Waals surface area contributed by atoms with Gasteiger partial charge in [-0.15, -0.1) is 0 Å². The normalized spacial score (nSPS) is 9.77. The van der Waals surface area contributed by atoms with Crippen LogP contribution in [0.5, 0.6) is 5.75 Å². The maximum absolute atomic E-state index is 10.4. The van der Waals surface area contributed by atoms with Crippen molar-refractivity contribution < 1.29 is 9.53 Å². The van der Waals surface area contributed by atoms with Crippen LogP contribution in [-0.2, 0) is 11.2 Å². The average Bonchev–Trinajstić information content (AvgIpc) is 2.14. The highest BCUT2D eigenvalue weighted by Gasteiger charge is 2.05. The number of carbonyl (C=O) groups is 1. The lowest BCUT2D eigenvalue weighted by Gasteiger charge is -2.10. The molecule has 0 aromatic heterocycles. The summed E-state index contributed by atoms with van der Waals surface area (Å²) in [5.41, 5.74) is 3.33. The van der Waals surface area contributed by atoms with E-state index in [0.717, 1.165) is 28.7 Å². The Balaban J connectivity index is 3.14. The lowest BCUT2D eigenvalue weighted by Crippen LogP contribution is -1.96. The van der Waals surface area contributed by atoms with Gasteiger partial charge in [0.15, 0.2) is 0 Å². The van der Waals surface area contributed by atoms with Crippen molar-refractivity contribution in [2.45, 2.75) is 20.3 Å². The van der Waals surface area contributed by atoms with Crippen molar-refractivity contribution in [3.05, 3.63) is 28.8 Å². The van der Waals surface area contributed by atoms with Gasteiger partial charge in [-0.1, -0.05) is 6.07 Å². The molecule has 0 heterocycles. The summed E-state index contributed by atoms with van der Waals surface area (Å²) < 4.78 is 5.17. The van der Waals surface area contributed by atoms with Crippen LogP contribution in [0.3, 0.4) is 0 Å². The predicted molar refractivity (Wildman–Crippen MR) is 52.2 cm³/mol. The van der Waals surface area contributed by atoms with Gasteiger partial charge < -0.3 is 9.53 Å². The number of aldehydes is 1. The number of rotatable bonds is 3. The van der Waals surface area contributed by atoms with Gasteiger partial charge >= 0.3 is 0 Å². The molecule has 2 nitrogen and oxygen atoms in total. The maximum atomic E-state index is 10.4. The van der Waals surface area contributed by atoms with Crippen LogP contribution in [0.4, 0.5) is 0 Å². The third kappa shape index (κ3) is 1.89. The second-order valence-corrected chi connectivity index (χ2v) is 3.05. The van der Waals surface area contributed by atoms with E-state index in [0.29, 0.717) is 6.42 Å². The monoisotopic (exact) mass is 178 g/mol. The highest BCUT2D eigenvalue weighted by Crippen LogP contribution is 2.23. The summed E-state index contributed by atoms with van der Waals surface area (Å²) in [6.45, 7) is 4.01. The molecule has 0 N–H and O–H groups in total. The number of hydrogen-bond donors (Lipinski definition) is 0. The number of benzene rings is 1. The van der Waals surface area contributed by atoms with E-state index < -0.39 is 0 Å². The van der Waals surface area contributed by atoms with Gasteiger partial charge in [0.2, 0.25) is 0 Å². The zero-order valence-corrected chi connectivity index (χ0v) is 8.26. The Bertz CT molecular complexity index is 316. The van der Waals surface area contributed by atoms with E-state index >= 15 is 0 Å². The van der Waals surface area contributed by atoms with Gasteiger partial charge in [0, 0.05) is 6.42 Å². The summed E-state index contributed by atoms with van der Waals surface area (Å²) in [5.74, 6) is 0.882. The second kappa shape index (κ2) is 4.08. The van der Waals surface area contributed by atoms with Crippen LogP contribution in [0.2, 0.25) is 0 Å². The molecule has 13 heavy (non-hydrogen) atoms. The van der Waals surface area contributed by atoms with E-state index in [-0.39, 0.29) is 0 Å². The van der Waals surface area contributed by atoms with Crippen LogP contribution >= 0.6 is 0 Å². The summed E-state index contributed by atoms with van der Waals surface area (Å²) in [5, 5.41) is 0. The third-order valence-electron chi connectivity index (χ3n) is 2.37. The van der Waals surface area contributed by atoms with Crippen molar-refractivity contribution in [3.8, 4) is 5.75 Å². The van der Waals surface area contributed by atoms with E-state index in [1.165, 1.54) is 0 Å².